The summed E-state index contributed by atoms with van der Waals surface area (Å²) in [6.45, 7) is 5.42. The zero-order valence-electron chi connectivity index (χ0n) is 20.2. The van der Waals surface area contributed by atoms with E-state index >= 15 is 0 Å². The summed E-state index contributed by atoms with van der Waals surface area (Å²) in [4.78, 5) is 28.5. The van der Waals surface area contributed by atoms with Gasteiger partial charge in [0.05, 0.1) is 0 Å². The lowest BCUT2D eigenvalue weighted by Crippen LogP contribution is -2.48. The van der Waals surface area contributed by atoms with E-state index in [1.807, 2.05) is 93.6 Å². The molecule has 0 aliphatic rings. The Bertz CT molecular complexity index is 1060. The van der Waals surface area contributed by atoms with Gasteiger partial charge in [-0.05, 0) is 56.2 Å². The molecule has 3 aromatic rings. The van der Waals surface area contributed by atoms with Crippen LogP contribution in [0.15, 0.2) is 89.8 Å². The van der Waals surface area contributed by atoms with E-state index in [4.69, 9.17) is 4.74 Å². The SMILES string of the molecule is CN(C(=O)OC(C)(C)C)[C@@H](Cc1ccccc1)C(=O)Nc1ccc(SCc2ccccc2)cc1. The second-order valence-electron chi connectivity index (χ2n) is 9.08. The second kappa shape index (κ2) is 11.7. The predicted octanol–water partition coefficient (Wildman–Crippen LogP) is 6.40. The van der Waals surface area contributed by atoms with Crippen LogP contribution in [0.5, 0.6) is 0 Å². The smallest absolute Gasteiger partial charge is 0.410 e. The van der Waals surface area contributed by atoms with Crippen molar-refractivity contribution in [1.82, 2.24) is 4.90 Å². The molecule has 0 fully saturated rings. The summed E-state index contributed by atoms with van der Waals surface area (Å²) in [6, 6.07) is 27.0. The lowest BCUT2D eigenvalue weighted by atomic mass is 10.0. The Balaban J connectivity index is 1.68. The summed E-state index contributed by atoms with van der Waals surface area (Å²) in [5, 5.41) is 2.96. The summed E-state index contributed by atoms with van der Waals surface area (Å²) in [5.74, 6) is 0.619. The molecule has 1 atom stereocenters. The summed E-state index contributed by atoms with van der Waals surface area (Å²) < 4.78 is 5.50. The molecule has 0 bridgehead atoms. The quantitative estimate of drug-likeness (QED) is 0.383. The van der Waals surface area contributed by atoms with E-state index in [2.05, 4.69) is 17.4 Å². The summed E-state index contributed by atoms with van der Waals surface area (Å²) in [7, 11) is 1.60. The molecule has 0 spiro atoms. The standard InChI is InChI=1S/C28H32N2O3S/c1-28(2,3)33-27(32)30(4)25(19-21-11-7-5-8-12-21)26(31)29-23-15-17-24(18-16-23)34-20-22-13-9-6-10-14-22/h5-18,25H,19-20H2,1-4H3,(H,29,31)/t25-/m0/s1. The van der Waals surface area contributed by atoms with Gasteiger partial charge in [0.1, 0.15) is 11.6 Å². The number of carbonyl (C=O) groups excluding carboxylic acids is 2. The van der Waals surface area contributed by atoms with Gasteiger partial charge in [0.25, 0.3) is 0 Å². The van der Waals surface area contributed by atoms with Gasteiger partial charge in [-0.1, -0.05) is 60.7 Å². The van der Waals surface area contributed by atoms with Gasteiger partial charge in [0.15, 0.2) is 0 Å². The Morgan fingerprint density at radius 3 is 2.00 bits per heavy atom. The molecule has 0 unspecified atom stereocenters. The van der Waals surface area contributed by atoms with E-state index in [0.717, 1.165) is 16.2 Å². The van der Waals surface area contributed by atoms with Crippen LogP contribution >= 0.6 is 11.8 Å². The average molecular weight is 477 g/mol. The number of nitrogens with one attached hydrogen (secondary N) is 1. The Morgan fingerprint density at radius 2 is 1.44 bits per heavy atom. The largest absolute Gasteiger partial charge is 0.444 e. The van der Waals surface area contributed by atoms with Crippen LogP contribution in [0.2, 0.25) is 0 Å². The molecule has 3 aromatic carbocycles. The monoisotopic (exact) mass is 476 g/mol. The van der Waals surface area contributed by atoms with Gasteiger partial charge in [-0.25, -0.2) is 4.79 Å². The lowest BCUT2D eigenvalue weighted by Gasteiger charge is -2.30. The maximum atomic E-state index is 13.3. The molecule has 6 heteroatoms. The number of ether oxygens (including phenoxy) is 1. The number of anilines is 1. The van der Waals surface area contributed by atoms with Gasteiger partial charge in [-0.15, -0.1) is 11.8 Å². The fourth-order valence-electron chi connectivity index (χ4n) is 3.30. The summed E-state index contributed by atoms with van der Waals surface area (Å²) in [5.41, 5.74) is 2.26. The van der Waals surface area contributed by atoms with E-state index in [1.54, 1.807) is 18.8 Å². The van der Waals surface area contributed by atoms with Gasteiger partial charge < -0.3 is 10.1 Å². The topological polar surface area (TPSA) is 58.6 Å². The molecule has 34 heavy (non-hydrogen) atoms. The van der Waals surface area contributed by atoms with Crippen molar-refractivity contribution in [2.45, 2.75) is 49.5 Å². The Labute approximate surface area is 206 Å². The number of hydrogen-bond acceptors (Lipinski definition) is 4. The van der Waals surface area contributed by atoms with Crippen LogP contribution in [-0.4, -0.2) is 35.6 Å². The van der Waals surface area contributed by atoms with Crippen molar-refractivity contribution in [2.24, 2.45) is 0 Å². The van der Waals surface area contributed by atoms with Gasteiger partial charge in [-0.3, -0.25) is 9.69 Å². The van der Waals surface area contributed by atoms with Gasteiger partial charge in [-0.2, -0.15) is 0 Å². The number of thioether (sulfide) groups is 1. The molecule has 0 aliphatic carbocycles. The Kier molecular flexibility index (Phi) is 8.77. The molecular formula is C28H32N2O3S. The number of benzene rings is 3. The molecule has 5 nitrogen and oxygen atoms in total. The Hall–Kier alpha value is -3.25. The maximum absolute atomic E-state index is 13.3. The second-order valence-corrected chi connectivity index (χ2v) is 10.1. The number of hydrogen-bond donors (Lipinski definition) is 1. The van der Waals surface area contributed by atoms with Crippen LogP contribution < -0.4 is 5.32 Å². The first-order chi connectivity index (χ1) is 16.2. The van der Waals surface area contributed by atoms with Crippen LogP contribution in [-0.2, 0) is 21.7 Å². The fourth-order valence-corrected chi connectivity index (χ4v) is 4.16. The lowest BCUT2D eigenvalue weighted by molar-refractivity contribution is -0.120. The third-order valence-electron chi connectivity index (χ3n) is 5.09. The van der Waals surface area contributed by atoms with Crippen LogP contribution in [0, 0.1) is 0 Å². The highest BCUT2D eigenvalue weighted by Gasteiger charge is 2.30. The minimum atomic E-state index is -0.718. The molecular weight excluding hydrogens is 444 g/mol. The van der Waals surface area contributed by atoms with E-state index in [-0.39, 0.29) is 5.91 Å². The van der Waals surface area contributed by atoms with Crippen molar-refractivity contribution in [3.05, 3.63) is 96.1 Å². The minimum Gasteiger partial charge on any atom is -0.444 e. The number of nitrogens with zero attached hydrogens (tertiary/aromatic N) is 1. The highest BCUT2D eigenvalue weighted by molar-refractivity contribution is 7.98. The number of carbonyl (C=O) groups is 2. The van der Waals surface area contributed by atoms with Gasteiger partial charge in [0, 0.05) is 29.8 Å². The highest BCUT2D eigenvalue weighted by atomic mass is 32.2. The van der Waals surface area contributed by atoms with Crippen LogP contribution in [0.3, 0.4) is 0 Å². The van der Waals surface area contributed by atoms with E-state index < -0.39 is 17.7 Å². The number of amides is 2. The van der Waals surface area contributed by atoms with Crippen molar-refractivity contribution in [3.8, 4) is 0 Å². The molecule has 0 radical (unpaired) electrons. The minimum absolute atomic E-state index is 0.262. The molecule has 178 valence electrons. The van der Waals surface area contributed by atoms with Crippen molar-refractivity contribution >= 4 is 29.4 Å². The number of rotatable bonds is 8. The van der Waals surface area contributed by atoms with Crippen molar-refractivity contribution in [2.75, 3.05) is 12.4 Å². The van der Waals surface area contributed by atoms with Gasteiger partial charge >= 0.3 is 6.09 Å². The first kappa shape index (κ1) is 25.4. The molecule has 2 amide bonds. The third-order valence-corrected chi connectivity index (χ3v) is 6.18. The van der Waals surface area contributed by atoms with Crippen LogP contribution in [0.4, 0.5) is 10.5 Å². The zero-order chi connectivity index (χ0) is 24.6. The van der Waals surface area contributed by atoms with Crippen molar-refractivity contribution in [1.29, 1.82) is 0 Å². The molecule has 3 rings (SSSR count). The maximum Gasteiger partial charge on any atom is 0.410 e. The third kappa shape index (κ3) is 7.96. The number of likely N-dealkylation sites (N-methyl/N-ethyl adjacent to an activating group) is 1. The molecule has 0 saturated heterocycles. The highest BCUT2D eigenvalue weighted by Crippen LogP contribution is 2.24. The molecule has 0 saturated carbocycles. The van der Waals surface area contributed by atoms with E-state index in [9.17, 15) is 9.59 Å². The normalized spacial score (nSPS) is 12.0. The first-order valence-corrected chi connectivity index (χ1v) is 12.3. The fraction of sp³-hybridized carbons (Fsp3) is 0.286. The van der Waals surface area contributed by atoms with Crippen molar-refractivity contribution in [3.63, 3.8) is 0 Å². The van der Waals surface area contributed by atoms with Crippen LogP contribution in [0.1, 0.15) is 31.9 Å². The first-order valence-electron chi connectivity index (χ1n) is 11.3. The summed E-state index contributed by atoms with van der Waals surface area (Å²) in [6.07, 6.45) is -0.149. The summed E-state index contributed by atoms with van der Waals surface area (Å²) >= 11 is 1.74. The molecule has 0 aromatic heterocycles. The molecule has 0 heterocycles. The molecule has 0 aliphatic heterocycles. The van der Waals surface area contributed by atoms with E-state index in [1.165, 1.54) is 10.5 Å². The van der Waals surface area contributed by atoms with Crippen LogP contribution in [0.25, 0.3) is 0 Å². The zero-order valence-corrected chi connectivity index (χ0v) is 21.0. The predicted molar refractivity (Wildman–Crippen MR) is 139 cm³/mol. The van der Waals surface area contributed by atoms with Gasteiger partial charge in [0.2, 0.25) is 5.91 Å². The van der Waals surface area contributed by atoms with E-state index in [0.29, 0.717) is 12.1 Å². The van der Waals surface area contributed by atoms with Crippen molar-refractivity contribution < 1.29 is 14.3 Å². The molecule has 1 N–H and O–H groups in total. The average Bonchev–Trinajstić information content (AvgIpc) is 2.82. The Morgan fingerprint density at radius 1 is 0.882 bits per heavy atom.